The topological polar surface area (TPSA) is 71.2 Å². The molecule has 0 aliphatic carbocycles. The van der Waals surface area contributed by atoms with Crippen LogP contribution in [0.25, 0.3) is 10.9 Å². The van der Waals surface area contributed by atoms with E-state index in [4.69, 9.17) is 4.74 Å². The van der Waals surface area contributed by atoms with Crippen LogP contribution in [0.5, 0.6) is 0 Å². The number of esters is 1. The summed E-state index contributed by atoms with van der Waals surface area (Å²) in [5, 5.41) is 3.91. The van der Waals surface area contributed by atoms with E-state index in [9.17, 15) is 9.59 Å². The first-order valence-electron chi connectivity index (χ1n) is 9.54. The number of ether oxygens (including phenoxy) is 1. The molecule has 6 heteroatoms. The van der Waals surface area contributed by atoms with Crippen LogP contribution < -0.4 is 5.32 Å². The lowest BCUT2D eigenvalue weighted by Crippen LogP contribution is -2.44. The van der Waals surface area contributed by atoms with Crippen molar-refractivity contribution in [3.63, 3.8) is 0 Å². The Morgan fingerprint density at radius 1 is 1.10 bits per heavy atom. The molecule has 152 valence electrons. The molecule has 1 amide bonds. The minimum atomic E-state index is -0.732. The van der Waals surface area contributed by atoms with E-state index in [-0.39, 0.29) is 17.1 Å². The van der Waals surface area contributed by atoms with Gasteiger partial charge in [-0.1, -0.05) is 36.4 Å². The number of nitrogens with one attached hydrogen (secondary N) is 2. The van der Waals surface area contributed by atoms with E-state index in [1.807, 2.05) is 74.6 Å². The number of hydrogen-bond acceptors (Lipinski definition) is 4. The molecule has 0 aliphatic rings. The van der Waals surface area contributed by atoms with Crippen molar-refractivity contribution in [3.8, 4) is 0 Å². The summed E-state index contributed by atoms with van der Waals surface area (Å²) < 4.78 is 4.62. The lowest BCUT2D eigenvalue weighted by Gasteiger charge is -2.25. The zero-order valence-corrected chi connectivity index (χ0v) is 17.7. The molecule has 5 nitrogen and oxygen atoms in total. The smallest absolute Gasteiger partial charge is 0.328 e. The normalized spacial score (nSPS) is 12.5. The van der Waals surface area contributed by atoms with Gasteiger partial charge in [0.2, 0.25) is 5.91 Å². The quantitative estimate of drug-likeness (QED) is 0.428. The number of fused-ring (bicyclic) bond motifs is 1. The SMILES string of the molecule is COC(=O)[C@H](Cc1c[nH]c2ccccc12)NC(=O)CC(C)(C)Sc1ccccc1. The molecular formula is C23H26N2O3S. The van der Waals surface area contributed by atoms with Crippen molar-refractivity contribution in [3.05, 3.63) is 66.4 Å². The van der Waals surface area contributed by atoms with Gasteiger partial charge >= 0.3 is 5.97 Å². The molecule has 1 heterocycles. The average Bonchev–Trinajstić information content (AvgIpc) is 3.09. The molecule has 0 saturated carbocycles. The monoisotopic (exact) mass is 410 g/mol. The van der Waals surface area contributed by atoms with Crippen molar-refractivity contribution >= 4 is 34.5 Å². The Morgan fingerprint density at radius 2 is 1.79 bits per heavy atom. The van der Waals surface area contributed by atoms with Gasteiger partial charge in [-0.05, 0) is 37.6 Å². The number of carbonyl (C=O) groups excluding carboxylic acids is 2. The number of hydrogen-bond donors (Lipinski definition) is 2. The number of benzene rings is 2. The summed E-state index contributed by atoms with van der Waals surface area (Å²) in [6.45, 7) is 4.05. The maximum absolute atomic E-state index is 12.7. The number of aromatic nitrogens is 1. The van der Waals surface area contributed by atoms with Gasteiger partial charge in [0.25, 0.3) is 0 Å². The Labute approximate surface area is 175 Å². The van der Waals surface area contributed by atoms with E-state index >= 15 is 0 Å². The molecule has 29 heavy (non-hydrogen) atoms. The molecule has 2 N–H and O–H groups in total. The Kier molecular flexibility index (Phi) is 6.64. The highest BCUT2D eigenvalue weighted by Crippen LogP contribution is 2.34. The molecule has 1 aromatic heterocycles. The predicted molar refractivity (Wildman–Crippen MR) is 117 cm³/mol. The van der Waals surface area contributed by atoms with Gasteiger partial charge in [-0.3, -0.25) is 4.79 Å². The lowest BCUT2D eigenvalue weighted by atomic mass is 10.0. The van der Waals surface area contributed by atoms with Crippen LogP contribution in [0.1, 0.15) is 25.8 Å². The van der Waals surface area contributed by atoms with Gasteiger partial charge in [0.05, 0.1) is 7.11 Å². The van der Waals surface area contributed by atoms with E-state index in [0.717, 1.165) is 21.4 Å². The Balaban J connectivity index is 1.68. The molecule has 0 fully saturated rings. The Bertz CT molecular complexity index is 982. The van der Waals surface area contributed by atoms with Crippen molar-refractivity contribution < 1.29 is 14.3 Å². The van der Waals surface area contributed by atoms with Crippen LogP contribution in [0.15, 0.2) is 65.7 Å². The summed E-state index contributed by atoms with van der Waals surface area (Å²) in [5.41, 5.74) is 1.96. The fraction of sp³-hybridized carbons (Fsp3) is 0.304. The first kappa shape index (κ1) is 21.0. The molecule has 1 atom stereocenters. The highest BCUT2D eigenvalue weighted by atomic mass is 32.2. The van der Waals surface area contributed by atoms with Gasteiger partial charge in [-0.25, -0.2) is 4.79 Å². The third kappa shape index (κ3) is 5.64. The number of para-hydroxylation sites is 1. The second-order valence-electron chi connectivity index (χ2n) is 7.56. The molecule has 0 radical (unpaired) electrons. The lowest BCUT2D eigenvalue weighted by molar-refractivity contribution is -0.145. The summed E-state index contributed by atoms with van der Waals surface area (Å²) in [6, 6.07) is 17.1. The summed E-state index contributed by atoms with van der Waals surface area (Å²) in [4.78, 5) is 29.4. The zero-order valence-electron chi connectivity index (χ0n) is 16.9. The number of methoxy groups -OCH3 is 1. The number of thioether (sulfide) groups is 1. The van der Waals surface area contributed by atoms with Crippen molar-refractivity contribution in [2.45, 2.75) is 42.4 Å². The predicted octanol–water partition coefficient (Wildman–Crippen LogP) is 4.33. The fourth-order valence-corrected chi connectivity index (χ4v) is 4.47. The number of aromatic amines is 1. The second kappa shape index (κ2) is 9.18. The van der Waals surface area contributed by atoms with Crippen LogP contribution in [0.3, 0.4) is 0 Å². The van der Waals surface area contributed by atoms with Crippen LogP contribution in [-0.4, -0.2) is 34.8 Å². The van der Waals surface area contributed by atoms with Crippen LogP contribution >= 0.6 is 11.8 Å². The van der Waals surface area contributed by atoms with Gasteiger partial charge in [-0.2, -0.15) is 0 Å². The van der Waals surface area contributed by atoms with Crippen molar-refractivity contribution in [2.75, 3.05) is 7.11 Å². The molecule has 0 bridgehead atoms. The summed E-state index contributed by atoms with van der Waals surface area (Å²) in [7, 11) is 1.34. The van der Waals surface area contributed by atoms with Crippen LogP contribution in [0, 0.1) is 0 Å². The van der Waals surface area contributed by atoms with E-state index in [1.54, 1.807) is 11.8 Å². The minimum absolute atomic E-state index is 0.173. The fourth-order valence-electron chi connectivity index (χ4n) is 3.33. The van der Waals surface area contributed by atoms with E-state index in [2.05, 4.69) is 10.3 Å². The van der Waals surface area contributed by atoms with E-state index in [1.165, 1.54) is 7.11 Å². The molecule has 0 saturated heterocycles. The molecule has 0 aliphatic heterocycles. The molecular weight excluding hydrogens is 384 g/mol. The molecule has 3 aromatic rings. The van der Waals surface area contributed by atoms with Crippen LogP contribution in [0.2, 0.25) is 0 Å². The third-order valence-corrected chi connectivity index (χ3v) is 5.85. The summed E-state index contributed by atoms with van der Waals surface area (Å²) in [6.07, 6.45) is 2.53. The van der Waals surface area contributed by atoms with Gasteiger partial charge in [-0.15, -0.1) is 11.8 Å². The van der Waals surface area contributed by atoms with E-state index in [0.29, 0.717) is 6.42 Å². The number of rotatable bonds is 8. The minimum Gasteiger partial charge on any atom is -0.467 e. The standard InChI is InChI=1S/C23H26N2O3S/c1-23(2,29-17-9-5-4-6-10-17)14-21(26)25-20(22(27)28-3)13-16-15-24-19-12-8-7-11-18(16)19/h4-12,15,20,24H,13-14H2,1-3H3,(H,25,26)/t20-/m0/s1. The first-order chi connectivity index (χ1) is 13.9. The maximum Gasteiger partial charge on any atom is 0.328 e. The molecule has 3 rings (SSSR count). The Morgan fingerprint density at radius 3 is 2.52 bits per heavy atom. The third-order valence-electron chi connectivity index (χ3n) is 4.64. The average molecular weight is 411 g/mol. The van der Waals surface area contributed by atoms with Crippen LogP contribution in [0.4, 0.5) is 0 Å². The summed E-state index contributed by atoms with van der Waals surface area (Å²) in [5.74, 6) is -0.620. The number of H-pyrrole nitrogens is 1. The highest BCUT2D eigenvalue weighted by Gasteiger charge is 2.28. The second-order valence-corrected chi connectivity index (χ2v) is 9.34. The van der Waals surface area contributed by atoms with Crippen LogP contribution in [-0.2, 0) is 20.7 Å². The first-order valence-corrected chi connectivity index (χ1v) is 10.4. The van der Waals surface area contributed by atoms with Crippen molar-refractivity contribution in [1.82, 2.24) is 10.3 Å². The molecule has 0 unspecified atom stereocenters. The highest BCUT2D eigenvalue weighted by molar-refractivity contribution is 8.00. The number of amides is 1. The van der Waals surface area contributed by atoms with Crippen molar-refractivity contribution in [1.29, 1.82) is 0 Å². The Hall–Kier alpha value is -2.73. The largest absolute Gasteiger partial charge is 0.467 e. The zero-order chi connectivity index (χ0) is 20.9. The number of carbonyl (C=O) groups is 2. The van der Waals surface area contributed by atoms with Gasteiger partial charge < -0.3 is 15.0 Å². The maximum atomic E-state index is 12.7. The molecule has 0 spiro atoms. The van der Waals surface area contributed by atoms with Gasteiger partial charge in [0, 0.05) is 39.6 Å². The van der Waals surface area contributed by atoms with Gasteiger partial charge in [0.15, 0.2) is 0 Å². The molecule has 2 aromatic carbocycles. The van der Waals surface area contributed by atoms with Crippen molar-refractivity contribution in [2.24, 2.45) is 0 Å². The summed E-state index contributed by atoms with van der Waals surface area (Å²) >= 11 is 1.64. The van der Waals surface area contributed by atoms with E-state index < -0.39 is 12.0 Å². The van der Waals surface area contributed by atoms with Gasteiger partial charge in [0.1, 0.15) is 6.04 Å².